The largest absolute Gasteiger partial charge is 0.479 e. The molecule has 21 heavy (non-hydrogen) atoms. The van der Waals surface area contributed by atoms with Gasteiger partial charge in [-0.1, -0.05) is 12.1 Å². The van der Waals surface area contributed by atoms with Crippen LogP contribution < -0.4 is 5.32 Å². The summed E-state index contributed by atoms with van der Waals surface area (Å²) in [5, 5.41) is 20.6. The minimum absolute atomic E-state index is 0.225. The molecule has 0 aromatic carbocycles. The van der Waals surface area contributed by atoms with Gasteiger partial charge in [-0.05, 0) is 19.3 Å². The summed E-state index contributed by atoms with van der Waals surface area (Å²) in [7, 11) is 0. The summed E-state index contributed by atoms with van der Waals surface area (Å²) in [6, 6.07) is 0.230. The van der Waals surface area contributed by atoms with Crippen LogP contribution in [0.25, 0.3) is 0 Å². The predicted octanol–water partition coefficient (Wildman–Crippen LogP) is -0.108. The molecule has 3 heterocycles. The molecule has 0 spiro atoms. The van der Waals surface area contributed by atoms with E-state index < -0.39 is 11.5 Å². The number of hydrogen-bond acceptors (Lipinski definition) is 5. The minimum Gasteiger partial charge on any atom is -0.479 e. The lowest BCUT2D eigenvalue weighted by Crippen LogP contribution is -2.52. The molecule has 2 fully saturated rings. The van der Waals surface area contributed by atoms with Gasteiger partial charge in [0, 0.05) is 19.6 Å². The molecule has 2 saturated heterocycles. The maximum atomic E-state index is 12.6. The van der Waals surface area contributed by atoms with E-state index in [1.54, 1.807) is 17.8 Å². The molecule has 1 atom stereocenters. The van der Waals surface area contributed by atoms with Crippen molar-refractivity contribution in [3.05, 3.63) is 11.9 Å². The number of carbonyl (C=O) groups excluding carboxylic acids is 1. The zero-order valence-corrected chi connectivity index (χ0v) is 11.9. The monoisotopic (exact) mass is 293 g/mol. The van der Waals surface area contributed by atoms with Crippen molar-refractivity contribution in [3.63, 3.8) is 0 Å². The quantitative estimate of drug-likeness (QED) is 0.803. The van der Waals surface area contributed by atoms with Gasteiger partial charge in [-0.3, -0.25) is 4.79 Å². The second-order valence-electron chi connectivity index (χ2n) is 5.65. The Balaban J connectivity index is 1.83. The lowest BCUT2D eigenvalue weighted by atomic mass is 9.93. The van der Waals surface area contributed by atoms with Crippen LogP contribution in [-0.2, 0) is 4.79 Å². The van der Waals surface area contributed by atoms with E-state index in [1.165, 1.54) is 4.90 Å². The second kappa shape index (κ2) is 5.10. The first-order chi connectivity index (χ1) is 10.1. The van der Waals surface area contributed by atoms with E-state index in [2.05, 4.69) is 15.6 Å². The molecule has 0 saturated carbocycles. The fourth-order valence-corrected chi connectivity index (χ4v) is 3.07. The van der Waals surface area contributed by atoms with E-state index in [0.717, 1.165) is 13.1 Å². The molecule has 2 aliphatic heterocycles. The van der Waals surface area contributed by atoms with Gasteiger partial charge in [-0.2, -0.15) is 0 Å². The fraction of sp³-hybridized carbons (Fsp3) is 0.692. The van der Waals surface area contributed by atoms with Gasteiger partial charge in [0.05, 0.1) is 12.2 Å². The molecule has 0 aliphatic carbocycles. The Labute approximate surface area is 122 Å². The Bertz CT molecular complexity index is 568. The van der Waals surface area contributed by atoms with Crippen LogP contribution in [0.5, 0.6) is 0 Å². The van der Waals surface area contributed by atoms with Gasteiger partial charge in [0.25, 0.3) is 5.91 Å². The first kappa shape index (κ1) is 14.0. The molecule has 1 aromatic rings. The number of aliphatic carboxylic acids is 1. The number of carboxylic acid groups (broad SMARTS) is 1. The molecule has 1 amide bonds. The third-order valence-corrected chi connectivity index (χ3v) is 4.58. The Kier molecular flexibility index (Phi) is 3.40. The van der Waals surface area contributed by atoms with Gasteiger partial charge in [0.1, 0.15) is 5.54 Å². The summed E-state index contributed by atoms with van der Waals surface area (Å²) in [6.45, 7) is 3.89. The van der Waals surface area contributed by atoms with Gasteiger partial charge >= 0.3 is 5.97 Å². The van der Waals surface area contributed by atoms with Gasteiger partial charge in [-0.25, -0.2) is 9.48 Å². The number of amides is 1. The van der Waals surface area contributed by atoms with Crippen LogP contribution in [0, 0.1) is 0 Å². The van der Waals surface area contributed by atoms with E-state index in [9.17, 15) is 14.7 Å². The lowest BCUT2D eigenvalue weighted by molar-refractivity contribution is -0.148. The maximum Gasteiger partial charge on any atom is 0.329 e. The van der Waals surface area contributed by atoms with Crippen LogP contribution in [0.3, 0.4) is 0 Å². The predicted molar refractivity (Wildman–Crippen MR) is 72.9 cm³/mol. The fourth-order valence-electron chi connectivity index (χ4n) is 3.07. The highest BCUT2D eigenvalue weighted by molar-refractivity contribution is 5.96. The van der Waals surface area contributed by atoms with Crippen molar-refractivity contribution >= 4 is 11.9 Å². The summed E-state index contributed by atoms with van der Waals surface area (Å²) in [6.07, 6.45) is 3.21. The van der Waals surface area contributed by atoms with Gasteiger partial charge in [0.2, 0.25) is 0 Å². The van der Waals surface area contributed by atoms with Crippen LogP contribution in [0.1, 0.15) is 42.7 Å². The number of carboxylic acids is 1. The molecule has 8 nitrogen and oxygen atoms in total. The third kappa shape index (κ3) is 2.10. The van der Waals surface area contributed by atoms with Crippen molar-refractivity contribution in [1.82, 2.24) is 25.2 Å². The minimum atomic E-state index is -1.10. The molecule has 0 bridgehead atoms. The summed E-state index contributed by atoms with van der Waals surface area (Å²) < 4.78 is 1.67. The first-order valence-corrected chi connectivity index (χ1v) is 7.26. The number of nitrogens with one attached hydrogen (secondary N) is 1. The number of hydrogen-bond donors (Lipinski definition) is 2. The number of aromatic nitrogens is 3. The zero-order valence-electron chi connectivity index (χ0n) is 11.9. The van der Waals surface area contributed by atoms with Crippen LogP contribution in [0.15, 0.2) is 6.20 Å². The number of likely N-dealkylation sites (tertiary alicyclic amines) is 1. The highest BCUT2D eigenvalue weighted by atomic mass is 16.4. The van der Waals surface area contributed by atoms with Crippen molar-refractivity contribution in [3.8, 4) is 0 Å². The maximum absolute atomic E-state index is 12.6. The van der Waals surface area contributed by atoms with Crippen molar-refractivity contribution in [2.24, 2.45) is 0 Å². The topological polar surface area (TPSA) is 100 Å². The van der Waals surface area contributed by atoms with Gasteiger partial charge in [0.15, 0.2) is 5.69 Å². The molecule has 3 rings (SSSR count). The Morgan fingerprint density at radius 2 is 2.29 bits per heavy atom. The first-order valence-electron chi connectivity index (χ1n) is 7.26. The molecule has 8 heteroatoms. The van der Waals surface area contributed by atoms with E-state index >= 15 is 0 Å². The SMILES string of the molecule is CCC1(C(=O)O)CCCN1C(=O)c1cn(C2CNC2)nn1. The van der Waals surface area contributed by atoms with Crippen LogP contribution in [0.2, 0.25) is 0 Å². The summed E-state index contributed by atoms with van der Waals surface area (Å²) in [4.78, 5) is 25.7. The molecule has 114 valence electrons. The van der Waals surface area contributed by atoms with Crippen LogP contribution in [0.4, 0.5) is 0 Å². The van der Waals surface area contributed by atoms with Gasteiger partial charge < -0.3 is 15.3 Å². The van der Waals surface area contributed by atoms with E-state index in [1.807, 2.05) is 0 Å². The third-order valence-electron chi connectivity index (χ3n) is 4.58. The van der Waals surface area contributed by atoms with Gasteiger partial charge in [-0.15, -0.1) is 5.10 Å². The molecule has 1 unspecified atom stereocenters. The number of nitrogens with zero attached hydrogens (tertiary/aromatic N) is 4. The molecule has 0 radical (unpaired) electrons. The Morgan fingerprint density at radius 1 is 1.52 bits per heavy atom. The Hall–Kier alpha value is -1.96. The normalized spacial score (nSPS) is 25.9. The number of rotatable bonds is 4. The average Bonchev–Trinajstić information content (AvgIpc) is 3.02. The van der Waals surface area contributed by atoms with Crippen molar-refractivity contribution in [2.45, 2.75) is 37.8 Å². The molecular weight excluding hydrogens is 274 g/mol. The summed E-state index contributed by atoms with van der Waals surface area (Å²) in [5.41, 5.74) is -0.873. The Morgan fingerprint density at radius 3 is 2.86 bits per heavy atom. The summed E-state index contributed by atoms with van der Waals surface area (Å²) in [5.74, 6) is -1.28. The molecular formula is C13H19N5O3. The van der Waals surface area contributed by atoms with Crippen molar-refractivity contribution in [2.75, 3.05) is 19.6 Å². The lowest BCUT2D eigenvalue weighted by Gasteiger charge is -2.33. The standard InChI is InChI=1S/C13H19N5O3/c1-2-13(12(20)21)4-3-5-17(13)11(19)10-8-18(16-15-10)9-6-14-7-9/h8-9,14H,2-7H2,1H3,(H,20,21). The zero-order chi connectivity index (χ0) is 15.0. The highest BCUT2D eigenvalue weighted by Gasteiger charge is 2.49. The van der Waals surface area contributed by atoms with Crippen molar-refractivity contribution in [1.29, 1.82) is 0 Å². The number of carbonyl (C=O) groups is 2. The van der Waals surface area contributed by atoms with Crippen LogP contribution in [-0.4, -0.2) is 62.0 Å². The molecule has 2 aliphatic rings. The van der Waals surface area contributed by atoms with Crippen molar-refractivity contribution < 1.29 is 14.7 Å². The van der Waals surface area contributed by atoms with E-state index in [4.69, 9.17) is 0 Å². The molecule has 1 aromatic heterocycles. The highest BCUT2D eigenvalue weighted by Crippen LogP contribution is 2.33. The van der Waals surface area contributed by atoms with E-state index in [-0.39, 0.29) is 17.6 Å². The second-order valence-corrected chi connectivity index (χ2v) is 5.65. The summed E-state index contributed by atoms with van der Waals surface area (Å²) >= 11 is 0. The average molecular weight is 293 g/mol. The van der Waals surface area contributed by atoms with E-state index in [0.29, 0.717) is 25.8 Å². The molecule has 2 N–H and O–H groups in total. The van der Waals surface area contributed by atoms with Crippen LogP contribution >= 0.6 is 0 Å². The smallest absolute Gasteiger partial charge is 0.329 e.